The monoisotopic (exact) mass is 461 g/mol. The fourth-order valence-corrected chi connectivity index (χ4v) is 4.05. The Balaban J connectivity index is 1.96. The molecule has 0 radical (unpaired) electrons. The van der Waals surface area contributed by atoms with Gasteiger partial charge in [0.05, 0.1) is 12.0 Å². The zero-order valence-corrected chi connectivity index (χ0v) is 19.5. The van der Waals surface area contributed by atoms with E-state index in [9.17, 15) is 8.42 Å². The lowest BCUT2D eigenvalue weighted by Gasteiger charge is -2.19. The lowest BCUT2D eigenvalue weighted by Crippen LogP contribution is -2.16. The minimum atomic E-state index is -3.94. The second-order valence-corrected chi connectivity index (χ2v) is 9.94. The fourth-order valence-electron chi connectivity index (χ4n) is 2.79. The summed E-state index contributed by atoms with van der Waals surface area (Å²) in [6.45, 7) is 7.78. The number of rotatable bonds is 6. The predicted molar refractivity (Wildman–Crippen MR) is 121 cm³/mol. The van der Waals surface area contributed by atoms with E-state index in [4.69, 9.17) is 21.1 Å². The van der Waals surface area contributed by atoms with Gasteiger partial charge in [-0.3, -0.25) is 4.72 Å². The molecule has 0 saturated heterocycles. The lowest BCUT2D eigenvalue weighted by atomic mass is 9.87. The van der Waals surface area contributed by atoms with Crippen LogP contribution in [0.25, 0.3) is 0 Å². The van der Waals surface area contributed by atoms with E-state index in [1.165, 1.54) is 7.11 Å². The smallest absolute Gasteiger partial charge is 0.263 e. The lowest BCUT2D eigenvalue weighted by molar-refractivity contribution is 0.409. The maximum absolute atomic E-state index is 13.0. The van der Waals surface area contributed by atoms with Gasteiger partial charge in [-0.25, -0.2) is 18.4 Å². The largest absolute Gasteiger partial charge is 0.497 e. The van der Waals surface area contributed by atoms with Crippen molar-refractivity contribution in [2.24, 2.45) is 0 Å². The second-order valence-electron chi connectivity index (χ2n) is 7.90. The van der Waals surface area contributed by atoms with Crippen molar-refractivity contribution in [3.8, 4) is 17.2 Å². The topological polar surface area (TPSA) is 90.4 Å². The van der Waals surface area contributed by atoms with Gasteiger partial charge in [0.2, 0.25) is 5.75 Å². The van der Waals surface area contributed by atoms with Crippen LogP contribution >= 0.6 is 11.6 Å². The van der Waals surface area contributed by atoms with Crippen molar-refractivity contribution in [3.63, 3.8) is 0 Å². The number of anilines is 1. The number of methoxy groups -OCH3 is 1. The Morgan fingerprint density at radius 3 is 2.26 bits per heavy atom. The Labute approximate surface area is 187 Å². The molecule has 2 aromatic carbocycles. The van der Waals surface area contributed by atoms with Crippen molar-refractivity contribution < 1.29 is 17.9 Å². The van der Waals surface area contributed by atoms with Crippen molar-refractivity contribution in [2.45, 2.75) is 38.0 Å². The summed E-state index contributed by atoms with van der Waals surface area (Å²) < 4.78 is 39.5. The van der Waals surface area contributed by atoms with E-state index in [-0.39, 0.29) is 27.0 Å². The van der Waals surface area contributed by atoms with Gasteiger partial charge in [0.25, 0.3) is 10.0 Å². The van der Waals surface area contributed by atoms with E-state index < -0.39 is 10.0 Å². The number of sulfonamides is 1. The molecule has 31 heavy (non-hydrogen) atoms. The quantitative estimate of drug-likeness (QED) is 0.498. The van der Waals surface area contributed by atoms with Crippen LogP contribution in [-0.4, -0.2) is 25.5 Å². The van der Waals surface area contributed by atoms with Crippen LogP contribution in [0, 0.1) is 6.92 Å². The van der Waals surface area contributed by atoms with Gasteiger partial charge in [0.1, 0.15) is 17.3 Å². The number of benzene rings is 2. The maximum Gasteiger partial charge on any atom is 0.263 e. The average molecular weight is 462 g/mol. The highest BCUT2D eigenvalue weighted by molar-refractivity contribution is 7.92. The first-order valence-corrected chi connectivity index (χ1v) is 11.3. The van der Waals surface area contributed by atoms with Crippen LogP contribution in [0.4, 0.5) is 5.82 Å². The zero-order chi connectivity index (χ0) is 22.8. The summed E-state index contributed by atoms with van der Waals surface area (Å²) in [6, 6.07) is 13.5. The first kappa shape index (κ1) is 22.8. The second kappa shape index (κ2) is 8.72. The Morgan fingerprint density at radius 1 is 1.00 bits per heavy atom. The molecule has 3 aromatic rings. The molecule has 164 valence electrons. The SMILES string of the molecule is COc1cccc(Oc2c(Cl)nc(C)nc2NS(=O)(=O)c2ccc(C(C)(C)C)cc2)c1. The van der Waals surface area contributed by atoms with Gasteiger partial charge in [-0.2, -0.15) is 0 Å². The minimum absolute atomic E-state index is 0.00425. The molecular formula is C22H24ClN3O4S. The van der Waals surface area contributed by atoms with E-state index in [0.29, 0.717) is 17.3 Å². The van der Waals surface area contributed by atoms with E-state index in [0.717, 1.165) is 5.56 Å². The fraction of sp³-hybridized carbons (Fsp3) is 0.273. The van der Waals surface area contributed by atoms with Gasteiger partial charge in [0, 0.05) is 6.07 Å². The van der Waals surface area contributed by atoms with Gasteiger partial charge in [0.15, 0.2) is 11.0 Å². The third-order valence-corrected chi connectivity index (χ3v) is 6.07. The van der Waals surface area contributed by atoms with Crippen molar-refractivity contribution in [2.75, 3.05) is 11.8 Å². The third-order valence-electron chi connectivity index (χ3n) is 4.46. The molecule has 3 rings (SSSR count). The third kappa shape index (κ3) is 5.45. The Kier molecular flexibility index (Phi) is 6.43. The van der Waals surface area contributed by atoms with Gasteiger partial charge < -0.3 is 9.47 Å². The molecule has 0 fully saturated rings. The molecule has 1 aromatic heterocycles. The molecule has 0 amide bonds. The molecular weight excluding hydrogens is 438 g/mol. The van der Waals surface area contributed by atoms with Crippen LogP contribution in [0.1, 0.15) is 32.2 Å². The Bertz CT molecular complexity index is 1190. The first-order chi connectivity index (χ1) is 14.5. The number of halogens is 1. The Morgan fingerprint density at radius 2 is 1.65 bits per heavy atom. The summed E-state index contributed by atoms with van der Waals surface area (Å²) in [5.74, 6) is 1.20. The summed E-state index contributed by atoms with van der Waals surface area (Å²) in [6.07, 6.45) is 0. The van der Waals surface area contributed by atoms with Gasteiger partial charge >= 0.3 is 0 Å². The van der Waals surface area contributed by atoms with Crippen LogP contribution in [0.3, 0.4) is 0 Å². The number of aryl methyl sites for hydroxylation is 1. The van der Waals surface area contributed by atoms with Crippen molar-refractivity contribution in [1.29, 1.82) is 0 Å². The molecule has 0 aliphatic carbocycles. The average Bonchev–Trinajstić information content (AvgIpc) is 2.70. The molecule has 0 bridgehead atoms. The molecule has 9 heteroatoms. The molecule has 1 N–H and O–H groups in total. The summed E-state index contributed by atoms with van der Waals surface area (Å²) in [4.78, 5) is 8.37. The molecule has 0 saturated carbocycles. The number of hydrogen-bond acceptors (Lipinski definition) is 6. The summed E-state index contributed by atoms with van der Waals surface area (Å²) >= 11 is 6.26. The van der Waals surface area contributed by atoms with E-state index >= 15 is 0 Å². The Hall–Kier alpha value is -2.84. The molecule has 0 aliphatic heterocycles. The first-order valence-electron chi connectivity index (χ1n) is 9.49. The van der Waals surface area contributed by atoms with E-state index in [2.05, 4.69) is 35.5 Å². The number of ether oxygens (including phenoxy) is 2. The van der Waals surface area contributed by atoms with Gasteiger partial charge in [-0.1, -0.05) is 50.6 Å². The predicted octanol–water partition coefficient (Wildman–Crippen LogP) is 5.34. The van der Waals surface area contributed by atoms with Crippen LogP contribution in [0.15, 0.2) is 53.4 Å². The molecule has 7 nitrogen and oxygen atoms in total. The van der Waals surface area contributed by atoms with Crippen molar-refractivity contribution in [3.05, 3.63) is 65.1 Å². The number of hydrogen-bond donors (Lipinski definition) is 1. The van der Waals surface area contributed by atoms with Gasteiger partial charge in [-0.05, 0) is 42.2 Å². The highest BCUT2D eigenvalue weighted by Gasteiger charge is 2.22. The van der Waals surface area contributed by atoms with Gasteiger partial charge in [-0.15, -0.1) is 0 Å². The van der Waals surface area contributed by atoms with Crippen molar-refractivity contribution in [1.82, 2.24) is 9.97 Å². The summed E-state index contributed by atoms with van der Waals surface area (Å²) in [5, 5.41) is -0.0175. The number of aromatic nitrogens is 2. The van der Waals surface area contributed by atoms with Crippen LogP contribution in [-0.2, 0) is 15.4 Å². The van der Waals surface area contributed by atoms with Crippen molar-refractivity contribution >= 4 is 27.4 Å². The highest BCUT2D eigenvalue weighted by atomic mass is 35.5. The van der Waals surface area contributed by atoms with E-state index in [1.807, 2.05) is 0 Å². The molecule has 0 aliphatic rings. The minimum Gasteiger partial charge on any atom is -0.497 e. The maximum atomic E-state index is 13.0. The summed E-state index contributed by atoms with van der Waals surface area (Å²) in [5.41, 5.74) is 0.930. The summed E-state index contributed by atoms with van der Waals surface area (Å²) in [7, 11) is -2.41. The van der Waals surface area contributed by atoms with E-state index in [1.54, 1.807) is 55.5 Å². The normalized spacial score (nSPS) is 11.8. The highest BCUT2D eigenvalue weighted by Crippen LogP contribution is 2.36. The molecule has 1 heterocycles. The number of nitrogens with zero attached hydrogens (tertiary/aromatic N) is 2. The zero-order valence-electron chi connectivity index (χ0n) is 17.9. The molecule has 0 unspecified atom stereocenters. The van der Waals surface area contributed by atoms with Crippen LogP contribution in [0.2, 0.25) is 5.15 Å². The molecule has 0 atom stereocenters. The molecule has 0 spiro atoms. The standard InChI is InChI=1S/C22H24ClN3O4S/c1-14-24-20(23)19(30-17-8-6-7-16(13-17)29-5)21(25-14)26-31(27,28)18-11-9-15(10-12-18)22(2,3)4/h6-13H,1-5H3,(H,24,25,26). The van der Waals surface area contributed by atoms with Crippen LogP contribution in [0.5, 0.6) is 17.2 Å². The number of nitrogens with one attached hydrogen (secondary N) is 1. The van der Waals surface area contributed by atoms with Crippen LogP contribution < -0.4 is 14.2 Å².